The van der Waals surface area contributed by atoms with E-state index < -0.39 is 0 Å². The summed E-state index contributed by atoms with van der Waals surface area (Å²) in [6.07, 6.45) is 5.48. The fourth-order valence-corrected chi connectivity index (χ4v) is 2.13. The van der Waals surface area contributed by atoms with Gasteiger partial charge in [0.05, 0.1) is 13.7 Å². The monoisotopic (exact) mass is 258 g/mol. The molecular formula is C16H22N2O. The molecule has 1 N–H and O–H groups in total. The van der Waals surface area contributed by atoms with Gasteiger partial charge < -0.3 is 14.6 Å². The van der Waals surface area contributed by atoms with Gasteiger partial charge in [-0.25, -0.2) is 0 Å². The number of nitrogens with one attached hydrogen (secondary N) is 1. The Hall–Kier alpha value is -1.74. The fraction of sp³-hybridized carbons (Fsp3) is 0.375. The highest BCUT2D eigenvalue weighted by Crippen LogP contribution is 2.18. The number of nitrogens with zero attached hydrogens (tertiary/aromatic N) is 1. The molecule has 0 fully saturated rings. The van der Waals surface area contributed by atoms with Gasteiger partial charge in [-0.2, -0.15) is 0 Å². The van der Waals surface area contributed by atoms with E-state index >= 15 is 0 Å². The van der Waals surface area contributed by atoms with Gasteiger partial charge in [0.2, 0.25) is 0 Å². The number of benzene rings is 1. The van der Waals surface area contributed by atoms with Crippen LogP contribution in [0.3, 0.4) is 0 Å². The molecule has 1 aromatic heterocycles. The lowest BCUT2D eigenvalue weighted by Crippen LogP contribution is -2.13. The molecule has 0 bridgehead atoms. The average Bonchev–Trinajstić information content (AvgIpc) is 2.87. The van der Waals surface area contributed by atoms with Gasteiger partial charge in [-0.1, -0.05) is 25.1 Å². The molecule has 0 aliphatic heterocycles. The third kappa shape index (κ3) is 3.86. The van der Waals surface area contributed by atoms with Crippen molar-refractivity contribution in [2.45, 2.75) is 26.4 Å². The van der Waals surface area contributed by atoms with Crippen molar-refractivity contribution in [1.82, 2.24) is 9.88 Å². The summed E-state index contributed by atoms with van der Waals surface area (Å²) in [5, 5.41) is 3.41. The predicted octanol–water partition coefficient (Wildman–Crippen LogP) is 3.04. The first kappa shape index (κ1) is 13.7. The zero-order valence-electron chi connectivity index (χ0n) is 11.7. The van der Waals surface area contributed by atoms with E-state index in [4.69, 9.17) is 4.74 Å². The van der Waals surface area contributed by atoms with E-state index in [9.17, 15) is 0 Å². The Balaban J connectivity index is 1.99. The largest absolute Gasteiger partial charge is 0.496 e. The fourth-order valence-electron chi connectivity index (χ4n) is 2.13. The highest BCUT2D eigenvalue weighted by molar-refractivity contribution is 5.33. The van der Waals surface area contributed by atoms with Crippen LogP contribution in [0.15, 0.2) is 42.7 Å². The van der Waals surface area contributed by atoms with Crippen LogP contribution in [0.1, 0.15) is 24.5 Å². The van der Waals surface area contributed by atoms with Crippen LogP contribution < -0.4 is 10.1 Å². The maximum atomic E-state index is 5.38. The molecule has 0 radical (unpaired) electrons. The molecule has 102 valence electrons. The molecule has 0 saturated heterocycles. The van der Waals surface area contributed by atoms with Gasteiger partial charge >= 0.3 is 0 Å². The minimum atomic E-state index is 0.845. The SMILES string of the molecule is CCCNCc1ccn(Cc2ccccc2OC)c1. The molecule has 3 nitrogen and oxygen atoms in total. The molecule has 0 atom stereocenters. The Bertz CT molecular complexity index is 505. The van der Waals surface area contributed by atoms with Crippen molar-refractivity contribution in [2.24, 2.45) is 0 Å². The van der Waals surface area contributed by atoms with E-state index in [1.54, 1.807) is 7.11 Å². The molecule has 0 spiro atoms. The van der Waals surface area contributed by atoms with Crippen LogP contribution in [-0.4, -0.2) is 18.2 Å². The molecule has 0 unspecified atom stereocenters. The Kier molecular flexibility index (Phi) is 5.04. The van der Waals surface area contributed by atoms with E-state index in [-0.39, 0.29) is 0 Å². The molecule has 3 heteroatoms. The average molecular weight is 258 g/mol. The highest BCUT2D eigenvalue weighted by Gasteiger charge is 2.03. The highest BCUT2D eigenvalue weighted by atomic mass is 16.5. The molecule has 0 amide bonds. The second-order valence-corrected chi connectivity index (χ2v) is 4.68. The van der Waals surface area contributed by atoms with Crippen LogP contribution in [0, 0.1) is 0 Å². The van der Waals surface area contributed by atoms with Crippen molar-refractivity contribution in [1.29, 1.82) is 0 Å². The van der Waals surface area contributed by atoms with Crippen LogP contribution in [0.2, 0.25) is 0 Å². The van der Waals surface area contributed by atoms with Crippen molar-refractivity contribution in [2.75, 3.05) is 13.7 Å². The molecule has 0 aliphatic rings. The first-order valence-corrected chi connectivity index (χ1v) is 6.80. The van der Waals surface area contributed by atoms with Crippen molar-refractivity contribution in [3.8, 4) is 5.75 Å². The zero-order chi connectivity index (χ0) is 13.5. The van der Waals surface area contributed by atoms with Crippen molar-refractivity contribution < 1.29 is 4.74 Å². The summed E-state index contributed by atoms with van der Waals surface area (Å²) >= 11 is 0. The molecule has 0 saturated carbocycles. The second kappa shape index (κ2) is 7.00. The van der Waals surface area contributed by atoms with Crippen molar-refractivity contribution in [3.63, 3.8) is 0 Å². The summed E-state index contributed by atoms with van der Waals surface area (Å²) in [6.45, 7) is 5.03. The van der Waals surface area contributed by atoms with Gasteiger partial charge in [0.15, 0.2) is 0 Å². The summed E-state index contributed by atoms with van der Waals surface area (Å²) < 4.78 is 7.57. The lowest BCUT2D eigenvalue weighted by atomic mass is 10.2. The van der Waals surface area contributed by atoms with Gasteiger partial charge in [0.25, 0.3) is 0 Å². The van der Waals surface area contributed by atoms with Crippen LogP contribution in [0.25, 0.3) is 0 Å². The van der Waals surface area contributed by atoms with Gasteiger partial charge in [0, 0.05) is 24.5 Å². The van der Waals surface area contributed by atoms with Gasteiger partial charge in [0.1, 0.15) is 5.75 Å². The Morgan fingerprint density at radius 1 is 1.21 bits per heavy atom. The standard InChI is InChI=1S/C16H22N2O/c1-3-9-17-11-14-8-10-18(12-14)13-15-6-4-5-7-16(15)19-2/h4-8,10,12,17H,3,9,11,13H2,1-2H3. The van der Waals surface area contributed by atoms with Crippen molar-refractivity contribution >= 4 is 0 Å². The predicted molar refractivity (Wildman–Crippen MR) is 78.5 cm³/mol. The van der Waals surface area contributed by atoms with E-state index in [0.29, 0.717) is 0 Å². The number of para-hydroxylation sites is 1. The Morgan fingerprint density at radius 3 is 2.84 bits per heavy atom. The Morgan fingerprint density at radius 2 is 2.05 bits per heavy atom. The number of ether oxygens (including phenoxy) is 1. The topological polar surface area (TPSA) is 26.2 Å². The third-order valence-corrected chi connectivity index (χ3v) is 3.11. The number of aromatic nitrogens is 1. The zero-order valence-corrected chi connectivity index (χ0v) is 11.7. The minimum absolute atomic E-state index is 0.845. The quantitative estimate of drug-likeness (QED) is 0.773. The van der Waals surface area contributed by atoms with Gasteiger partial charge in [-0.3, -0.25) is 0 Å². The van der Waals surface area contributed by atoms with Crippen molar-refractivity contribution in [3.05, 3.63) is 53.9 Å². The molecule has 2 rings (SSSR count). The number of hydrogen-bond donors (Lipinski definition) is 1. The maximum Gasteiger partial charge on any atom is 0.123 e. The lowest BCUT2D eigenvalue weighted by Gasteiger charge is -2.08. The smallest absolute Gasteiger partial charge is 0.123 e. The van der Waals surface area contributed by atoms with E-state index in [1.165, 1.54) is 17.5 Å². The minimum Gasteiger partial charge on any atom is -0.496 e. The first-order valence-electron chi connectivity index (χ1n) is 6.80. The summed E-state index contributed by atoms with van der Waals surface area (Å²) in [5.74, 6) is 0.946. The second-order valence-electron chi connectivity index (χ2n) is 4.68. The molecule has 0 aliphatic carbocycles. The molecule has 19 heavy (non-hydrogen) atoms. The van der Waals surface area contributed by atoms with E-state index in [0.717, 1.165) is 25.4 Å². The van der Waals surface area contributed by atoms with Gasteiger partial charge in [-0.05, 0) is 30.7 Å². The van der Waals surface area contributed by atoms with E-state index in [1.807, 2.05) is 18.2 Å². The third-order valence-electron chi connectivity index (χ3n) is 3.11. The summed E-state index contributed by atoms with van der Waals surface area (Å²) in [4.78, 5) is 0. The Labute approximate surface area is 115 Å². The van der Waals surface area contributed by atoms with Crippen LogP contribution in [-0.2, 0) is 13.1 Å². The lowest BCUT2D eigenvalue weighted by molar-refractivity contribution is 0.408. The summed E-state index contributed by atoms with van der Waals surface area (Å²) in [5.41, 5.74) is 2.53. The molecular weight excluding hydrogens is 236 g/mol. The molecule has 1 aromatic carbocycles. The summed E-state index contributed by atoms with van der Waals surface area (Å²) in [6, 6.07) is 10.3. The van der Waals surface area contributed by atoms with Crippen LogP contribution in [0.4, 0.5) is 0 Å². The normalized spacial score (nSPS) is 10.6. The summed E-state index contributed by atoms with van der Waals surface area (Å²) in [7, 11) is 1.72. The molecule has 1 heterocycles. The number of rotatable bonds is 7. The van der Waals surface area contributed by atoms with Crippen LogP contribution >= 0.6 is 0 Å². The van der Waals surface area contributed by atoms with Crippen LogP contribution in [0.5, 0.6) is 5.75 Å². The van der Waals surface area contributed by atoms with Gasteiger partial charge in [-0.15, -0.1) is 0 Å². The van der Waals surface area contributed by atoms with E-state index in [2.05, 4.69) is 41.3 Å². The molecule has 2 aromatic rings. The number of methoxy groups -OCH3 is 1. The number of hydrogen-bond acceptors (Lipinski definition) is 2. The maximum absolute atomic E-state index is 5.38. The first-order chi connectivity index (χ1) is 9.33.